The second kappa shape index (κ2) is 3.69. The van der Waals surface area contributed by atoms with Crippen molar-refractivity contribution in [2.24, 2.45) is 7.05 Å². The number of halogens is 1. The van der Waals surface area contributed by atoms with Crippen LogP contribution >= 0.6 is 0 Å². The van der Waals surface area contributed by atoms with E-state index in [1.54, 1.807) is 7.05 Å². The van der Waals surface area contributed by atoms with Gasteiger partial charge < -0.3 is 0 Å². The van der Waals surface area contributed by atoms with Gasteiger partial charge in [0.25, 0.3) is 5.69 Å². The van der Waals surface area contributed by atoms with Crippen LogP contribution in [-0.4, -0.2) is 19.7 Å². The lowest BCUT2D eigenvalue weighted by molar-refractivity contribution is -0.384. The molecule has 2 rings (SSSR count). The van der Waals surface area contributed by atoms with Crippen molar-refractivity contribution in [2.45, 2.75) is 0 Å². The third kappa shape index (κ3) is 1.74. The van der Waals surface area contributed by atoms with Crippen LogP contribution in [0.25, 0.3) is 11.4 Å². The molecule has 6 nitrogen and oxygen atoms in total. The molecule has 0 bridgehead atoms. The molecule has 7 heteroatoms. The summed E-state index contributed by atoms with van der Waals surface area (Å²) in [7, 11) is 1.63. The van der Waals surface area contributed by atoms with E-state index in [-0.39, 0.29) is 17.1 Å². The lowest BCUT2D eigenvalue weighted by Gasteiger charge is -1.98. The van der Waals surface area contributed by atoms with Gasteiger partial charge in [-0.3, -0.25) is 14.8 Å². The summed E-state index contributed by atoms with van der Waals surface area (Å²) in [5, 5.41) is 14.4. The number of non-ortho nitro benzene ring substituents is 1. The smallest absolute Gasteiger partial charge is 0.258 e. The Morgan fingerprint density at radius 2 is 2.25 bits per heavy atom. The normalized spacial score (nSPS) is 10.4. The highest BCUT2D eigenvalue weighted by molar-refractivity contribution is 5.59. The molecule has 0 aliphatic rings. The summed E-state index contributed by atoms with van der Waals surface area (Å²) in [5.41, 5.74) is -0.168. The van der Waals surface area contributed by atoms with Crippen LogP contribution in [-0.2, 0) is 7.05 Å². The van der Waals surface area contributed by atoms with Gasteiger partial charge in [-0.05, 0) is 6.07 Å². The average molecular weight is 222 g/mol. The molecule has 0 aliphatic carbocycles. The molecular formula is C9H7FN4O2. The summed E-state index contributed by atoms with van der Waals surface area (Å²) in [6.07, 6.45) is 1.40. The number of aromatic nitrogens is 3. The van der Waals surface area contributed by atoms with E-state index in [9.17, 15) is 14.5 Å². The number of hydrogen-bond donors (Lipinski definition) is 0. The van der Waals surface area contributed by atoms with Crippen LogP contribution in [0.2, 0.25) is 0 Å². The maximum Gasteiger partial charge on any atom is 0.270 e. The van der Waals surface area contributed by atoms with Crippen molar-refractivity contribution >= 4 is 5.69 Å². The van der Waals surface area contributed by atoms with Gasteiger partial charge in [0, 0.05) is 19.2 Å². The Bertz CT molecular complexity index is 552. The highest BCUT2D eigenvalue weighted by atomic mass is 19.1. The van der Waals surface area contributed by atoms with Gasteiger partial charge >= 0.3 is 0 Å². The summed E-state index contributed by atoms with van der Waals surface area (Å²) >= 11 is 0. The van der Waals surface area contributed by atoms with E-state index in [2.05, 4.69) is 10.1 Å². The molecule has 0 radical (unpaired) electrons. The molecule has 1 aromatic carbocycles. The molecule has 0 spiro atoms. The fourth-order valence-electron chi connectivity index (χ4n) is 1.26. The van der Waals surface area contributed by atoms with Gasteiger partial charge in [0.2, 0.25) is 0 Å². The van der Waals surface area contributed by atoms with E-state index in [0.29, 0.717) is 0 Å². The fourth-order valence-corrected chi connectivity index (χ4v) is 1.26. The van der Waals surface area contributed by atoms with E-state index in [1.165, 1.54) is 11.0 Å². The lowest BCUT2D eigenvalue weighted by Crippen LogP contribution is -1.93. The van der Waals surface area contributed by atoms with E-state index >= 15 is 0 Å². The SMILES string of the molecule is Cn1cnc(-c2cc([N+](=O)[O-])ccc2F)n1. The van der Waals surface area contributed by atoms with E-state index in [4.69, 9.17) is 0 Å². The van der Waals surface area contributed by atoms with Crippen molar-refractivity contribution in [3.8, 4) is 11.4 Å². The zero-order valence-electron chi connectivity index (χ0n) is 8.29. The molecule has 0 atom stereocenters. The lowest BCUT2D eigenvalue weighted by atomic mass is 10.2. The van der Waals surface area contributed by atoms with Crippen LogP contribution < -0.4 is 0 Å². The van der Waals surface area contributed by atoms with Gasteiger partial charge in [0.05, 0.1) is 10.5 Å². The van der Waals surface area contributed by atoms with Gasteiger partial charge in [0.1, 0.15) is 12.1 Å². The monoisotopic (exact) mass is 222 g/mol. The molecule has 0 aliphatic heterocycles. The van der Waals surface area contributed by atoms with Gasteiger partial charge in [0.15, 0.2) is 5.82 Å². The van der Waals surface area contributed by atoms with Crippen LogP contribution in [0.15, 0.2) is 24.5 Å². The predicted molar refractivity (Wildman–Crippen MR) is 53.1 cm³/mol. The number of benzene rings is 1. The van der Waals surface area contributed by atoms with Gasteiger partial charge in [-0.25, -0.2) is 9.37 Å². The number of aryl methyl sites for hydroxylation is 1. The molecule has 0 saturated carbocycles. The topological polar surface area (TPSA) is 73.8 Å². The third-order valence-electron chi connectivity index (χ3n) is 2.00. The first-order valence-corrected chi connectivity index (χ1v) is 4.38. The number of nitro groups is 1. The number of rotatable bonds is 2. The Morgan fingerprint density at radius 3 is 2.81 bits per heavy atom. The van der Waals surface area contributed by atoms with Crippen molar-refractivity contribution in [1.82, 2.24) is 14.8 Å². The van der Waals surface area contributed by atoms with Crippen molar-refractivity contribution in [3.63, 3.8) is 0 Å². The first-order chi connectivity index (χ1) is 7.58. The Labute approximate surface area is 89.5 Å². The quantitative estimate of drug-likeness (QED) is 0.570. The molecular weight excluding hydrogens is 215 g/mol. The number of hydrogen-bond acceptors (Lipinski definition) is 4. The largest absolute Gasteiger partial charge is 0.270 e. The second-order valence-corrected chi connectivity index (χ2v) is 3.16. The third-order valence-corrected chi connectivity index (χ3v) is 2.00. The molecule has 82 valence electrons. The summed E-state index contributed by atoms with van der Waals surface area (Å²) in [6.45, 7) is 0. The highest BCUT2D eigenvalue weighted by Gasteiger charge is 2.14. The maximum atomic E-state index is 13.4. The van der Waals surface area contributed by atoms with Crippen molar-refractivity contribution in [3.05, 3.63) is 40.5 Å². The van der Waals surface area contributed by atoms with Crippen LogP contribution in [0.1, 0.15) is 0 Å². The Balaban J connectivity index is 2.55. The molecule has 0 unspecified atom stereocenters. The number of nitro benzene ring substituents is 1. The maximum absolute atomic E-state index is 13.4. The van der Waals surface area contributed by atoms with Gasteiger partial charge in [-0.1, -0.05) is 0 Å². The summed E-state index contributed by atoms with van der Waals surface area (Å²) in [4.78, 5) is 13.8. The van der Waals surface area contributed by atoms with Crippen molar-refractivity contribution < 1.29 is 9.31 Å². The highest BCUT2D eigenvalue weighted by Crippen LogP contribution is 2.23. The van der Waals surface area contributed by atoms with E-state index < -0.39 is 10.7 Å². The predicted octanol–water partition coefficient (Wildman–Crippen LogP) is 1.53. The molecule has 0 saturated heterocycles. The number of nitrogens with zero attached hydrogens (tertiary/aromatic N) is 4. The second-order valence-electron chi connectivity index (χ2n) is 3.16. The molecule has 0 amide bonds. The van der Waals surface area contributed by atoms with E-state index in [0.717, 1.165) is 18.2 Å². The van der Waals surface area contributed by atoms with Crippen LogP contribution in [0.4, 0.5) is 10.1 Å². The average Bonchev–Trinajstić information content (AvgIpc) is 2.65. The van der Waals surface area contributed by atoms with E-state index in [1.807, 2.05) is 0 Å². The minimum Gasteiger partial charge on any atom is -0.258 e. The zero-order chi connectivity index (χ0) is 11.7. The molecule has 0 N–H and O–H groups in total. The molecule has 1 heterocycles. The standard InChI is InChI=1S/C9H7FN4O2/c1-13-5-11-9(12-13)7-4-6(14(15)16)2-3-8(7)10/h2-5H,1H3. The Hall–Kier alpha value is -2.31. The van der Waals surface area contributed by atoms with Crippen LogP contribution in [0.3, 0.4) is 0 Å². The van der Waals surface area contributed by atoms with Crippen molar-refractivity contribution in [1.29, 1.82) is 0 Å². The minimum absolute atomic E-state index is 0.0230. The molecule has 2 aromatic rings. The van der Waals surface area contributed by atoms with Crippen LogP contribution in [0, 0.1) is 15.9 Å². The summed E-state index contributed by atoms with van der Waals surface area (Å²) in [6, 6.07) is 3.25. The first kappa shape index (κ1) is 10.2. The minimum atomic E-state index is -0.591. The fraction of sp³-hybridized carbons (Fsp3) is 0.111. The Morgan fingerprint density at radius 1 is 1.50 bits per heavy atom. The van der Waals surface area contributed by atoms with Crippen LogP contribution in [0.5, 0.6) is 0 Å². The molecule has 1 aromatic heterocycles. The summed E-state index contributed by atoms with van der Waals surface area (Å²) in [5.74, 6) is -0.458. The molecule has 16 heavy (non-hydrogen) atoms. The Kier molecular flexibility index (Phi) is 2.35. The van der Waals surface area contributed by atoms with Gasteiger partial charge in [-0.2, -0.15) is 5.10 Å². The summed E-state index contributed by atoms with van der Waals surface area (Å²) < 4.78 is 14.8. The molecule has 0 fully saturated rings. The first-order valence-electron chi connectivity index (χ1n) is 4.38. The van der Waals surface area contributed by atoms with Crippen molar-refractivity contribution in [2.75, 3.05) is 0 Å². The zero-order valence-corrected chi connectivity index (χ0v) is 8.29. The van der Waals surface area contributed by atoms with Gasteiger partial charge in [-0.15, -0.1) is 0 Å².